The Labute approximate surface area is 136 Å². The summed E-state index contributed by atoms with van der Waals surface area (Å²) in [5, 5.41) is 0. The molecule has 0 aromatic carbocycles. The van der Waals surface area contributed by atoms with Crippen molar-refractivity contribution in [1.82, 2.24) is 4.90 Å². The van der Waals surface area contributed by atoms with E-state index in [1.807, 2.05) is 7.05 Å². The highest BCUT2D eigenvalue weighted by Gasteiger charge is 2.41. The predicted octanol–water partition coefficient (Wildman–Crippen LogP) is 4.57. The Morgan fingerprint density at radius 3 is 2.00 bits per heavy atom. The van der Waals surface area contributed by atoms with Gasteiger partial charge in [-0.05, 0) is 11.8 Å². The zero-order valence-electron chi connectivity index (χ0n) is 15.7. The van der Waals surface area contributed by atoms with Gasteiger partial charge in [0.25, 0.3) is 0 Å². The van der Waals surface area contributed by atoms with E-state index in [4.69, 9.17) is 0 Å². The minimum atomic E-state index is -0.261. The number of Topliss-reactive ketones (excluding diaryl/α,β-unsaturated/α-hetero) is 1. The lowest BCUT2D eigenvalue weighted by atomic mass is 9.74. The van der Waals surface area contributed by atoms with E-state index >= 15 is 0 Å². The van der Waals surface area contributed by atoms with Gasteiger partial charge in [0, 0.05) is 36.1 Å². The van der Waals surface area contributed by atoms with Crippen LogP contribution in [0.1, 0.15) is 74.1 Å². The number of unbranched alkanes of at least 4 members (excludes halogenated alkanes) is 1. The monoisotopic (exact) mass is 307 g/mol. The van der Waals surface area contributed by atoms with Gasteiger partial charge in [0.05, 0.1) is 0 Å². The molecule has 0 saturated heterocycles. The predicted molar refractivity (Wildman–Crippen MR) is 91.3 cm³/mol. The summed E-state index contributed by atoms with van der Waals surface area (Å²) in [5.41, 5.74) is 1.24. The molecule has 0 bridgehead atoms. The van der Waals surface area contributed by atoms with Gasteiger partial charge in [-0.3, -0.25) is 9.59 Å². The molecule has 0 N–H and O–H groups in total. The zero-order chi connectivity index (χ0) is 17.3. The number of nitrogens with zero attached hydrogens (tertiary/aromatic N) is 1. The van der Waals surface area contributed by atoms with E-state index in [1.54, 1.807) is 4.90 Å². The molecule has 1 rings (SSSR count). The van der Waals surface area contributed by atoms with Crippen molar-refractivity contribution < 1.29 is 9.59 Å². The van der Waals surface area contributed by atoms with E-state index in [0.29, 0.717) is 6.42 Å². The second-order valence-electron chi connectivity index (χ2n) is 8.58. The topological polar surface area (TPSA) is 37.4 Å². The van der Waals surface area contributed by atoms with E-state index in [9.17, 15) is 9.59 Å². The van der Waals surface area contributed by atoms with Crippen LogP contribution in [0.3, 0.4) is 0 Å². The van der Waals surface area contributed by atoms with Crippen molar-refractivity contribution in [3.8, 4) is 0 Å². The lowest BCUT2D eigenvalue weighted by Gasteiger charge is -2.36. The SMILES string of the molecule is CCCCC1CC(=O)N(C)C(C(C)(C)C)=C(C(C)(C)C)C1=O. The van der Waals surface area contributed by atoms with Crippen LogP contribution in [0.5, 0.6) is 0 Å². The van der Waals surface area contributed by atoms with Crippen molar-refractivity contribution in [2.75, 3.05) is 7.05 Å². The molecule has 0 aromatic rings. The van der Waals surface area contributed by atoms with Crippen LogP contribution in [-0.2, 0) is 9.59 Å². The summed E-state index contributed by atoms with van der Waals surface area (Å²) in [4.78, 5) is 27.6. The Morgan fingerprint density at radius 2 is 1.59 bits per heavy atom. The fraction of sp³-hybridized carbons (Fsp3) is 0.789. The molecule has 1 amide bonds. The highest BCUT2D eigenvalue weighted by atomic mass is 16.2. The molecule has 0 spiro atoms. The van der Waals surface area contributed by atoms with Gasteiger partial charge in [-0.15, -0.1) is 0 Å². The van der Waals surface area contributed by atoms with Gasteiger partial charge in [-0.25, -0.2) is 0 Å². The molecule has 0 aliphatic carbocycles. The van der Waals surface area contributed by atoms with Crippen LogP contribution in [0.25, 0.3) is 0 Å². The average Bonchev–Trinajstić information content (AvgIpc) is 2.44. The van der Waals surface area contributed by atoms with Crippen molar-refractivity contribution in [1.29, 1.82) is 0 Å². The highest BCUT2D eigenvalue weighted by Crippen LogP contribution is 2.42. The maximum Gasteiger partial charge on any atom is 0.227 e. The molecule has 1 aliphatic rings. The Morgan fingerprint density at radius 1 is 1.05 bits per heavy atom. The van der Waals surface area contributed by atoms with Crippen molar-refractivity contribution in [3.63, 3.8) is 0 Å². The molecule has 3 nitrogen and oxygen atoms in total. The van der Waals surface area contributed by atoms with Gasteiger partial charge in [0.2, 0.25) is 5.91 Å². The fourth-order valence-electron chi connectivity index (χ4n) is 3.34. The second kappa shape index (κ2) is 6.55. The number of hydrogen-bond donors (Lipinski definition) is 0. The maximum absolute atomic E-state index is 13.2. The lowest BCUT2D eigenvalue weighted by Crippen LogP contribution is -2.34. The van der Waals surface area contributed by atoms with Gasteiger partial charge in [-0.2, -0.15) is 0 Å². The highest BCUT2D eigenvalue weighted by molar-refractivity contribution is 6.03. The van der Waals surface area contributed by atoms with Gasteiger partial charge in [-0.1, -0.05) is 61.3 Å². The summed E-state index contributed by atoms with van der Waals surface area (Å²) in [6.07, 6.45) is 3.20. The summed E-state index contributed by atoms with van der Waals surface area (Å²) in [6, 6.07) is 0. The molecule has 1 aliphatic heterocycles. The zero-order valence-corrected chi connectivity index (χ0v) is 15.7. The van der Waals surface area contributed by atoms with Gasteiger partial charge >= 0.3 is 0 Å². The number of ketones is 1. The van der Waals surface area contributed by atoms with Crippen LogP contribution in [0.15, 0.2) is 11.3 Å². The van der Waals surface area contributed by atoms with E-state index in [-0.39, 0.29) is 28.4 Å². The van der Waals surface area contributed by atoms with Crippen LogP contribution >= 0.6 is 0 Å². The summed E-state index contributed by atoms with van der Waals surface area (Å²) in [5.74, 6) is 0.0891. The van der Waals surface area contributed by atoms with E-state index in [1.165, 1.54) is 0 Å². The third-order valence-electron chi connectivity index (χ3n) is 4.35. The Hall–Kier alpha value is -1.12. The third-order valence-corrected chi connectivity index (χ3v) is 4.35. The molecule has 22 heavy (non-hydrogen) atoms. The third kappa shape index (κ3) is 3.99. The molecule has 1 atom stereocenters. The largest absolute Gasteiger partial charge is 0.318 e. The minimum Gasteiger partial charge on any atom is -0.318 e. The normalized spacial score (nSPS) is 21.5. The molecular formula is C19H33NO2. The summed E-state index contributed by atoms with van der Waals surface area (Å²) in [6.45, 7) is 14.6. The Bertz CT molecular complexity index is 475. The first-order valence-electron chi connectivity index (χ1n) is 8.47. The quantitative estimate of drug-likeness (QED) is 0.766. The molecule has 0 radical (unpaired) electrons. The number of allylic oxidation sites excluding steroid dienone is 2. The first-order valence-corrected chi connectivity index (χ1v) is 8.47. The summed E-state index contributed by atoms with van der Waals surface area (Å²) >= 11 is 0. The second-order valence-corrected chi connectivity index (χ2v) is 8.58. The van der Waals surface area contributed by atoms with Crippen LogP contribution in [0, 0.1) is 16.7 Å². The van der Waals surface area contributed by atoms with Crippen molar-refractivity contribution in [2.45, 2.75) is 74.1 Å². The standard InChI is InChI=1S/C19H33NO2/c1-9-10-11-13-12-14(21)20(8)17(19(5,6)7)15(16(13)22)18(2,3)4/h13H,9-12H2,1-8H3. The van der Waals surface area contributed by atoms with Crippen molar-refractivity contribution in [2.24, 2.45) is 16.7 Å². The van der Waals surface area contributed by atoms with E-state index in [0.717, 1.165) is 30.5 Å². The molecule has 1 heterocycles. The number of carbonyl (C=O) groups excluding carboxylic acids is 2. The lowest BCUT2D eigenvalue weighted by molar-refractivity contribution is -0.131. The Kier molecular flexibility index (Phi) is 5.64. The number of amides is 1. The van der Waals surface area contributed by atoms with E-state index in [2.05, 4.69) is 48.5 Å². The van der Waals surface area contributed by atoms with Crippen molar-refractivity contribution >= 4 is 11.7 Å². The van der Waals surface area contributed by atoms with Crippen LogP contribution < -0.4 is 0 Å². The van der Waals surface area contributed by atoms with Crippen LogP contribution in [0.4, 0.5) is 0 Å². The molecule has 0 saturated carbocycles. The maximum atomic E-state index is 13.2. The smallest absolute Gasteiger partial charge is 0.227 e. The molecule has 3 heteroatoms. The van der Waals surface area contributed by atoms with Gasteiger partial charge in [0.15, 0.2) is 5.78 Å². The molecule has 126 valence electrons. The molecular weight excluding hydrogens is 274 g/mol. The molecule has 0 fully saturated rings. The first kappa shape index (κ1) is 18.9. The summed E-state index contributed by atoms with van der Waals surface area (Å²) in [7, 11) is 1.82. The molecule has 0 aromatic heterocycles. The number of rotatable bonds is 3. The van der Waals surface area contributed by atoms with Crippen LogP contribution in [-0.4, -0.2) is 23.6 Å². The average molecular weight is 307 g/mol. The van der Waals surface area contributed by atoms with E-state index < -0.39 is 0 Å². The number of hydrogen-bond acceptors (Lipinski definition) is 2. The summed E-state index contributed by atoms with van der Waals surface area (Å²) < 4.78 is 0. The minimum absolute atomic E-state index is 0.0682. The Balaban J connectivity index is 3.51. The number of carbonyl (C=O) groups is 2. The fourth-order valence-corrected chi connectivity index (χ4v) is 3.34. The van der Waals surface area contributed by atoms with Gasteiger partial charge < -0.3 is 4.90 Å². The molecule has 1 unspecified atom stereocenters. The van der Waals surface area contributed by atoms with Crippen LogP contribution in [0.2, 0.25) is 0 Å². The first-order chi connectivity index (χ1) is 9.91. The van der Waals surface area contributed by atoms with Crippen molar-refractivity contribution in [3.05, 3.63) is 11.3 Å². The van der Waals surface area contributed by atoms with Gasteiger partial charge in [0.1, 0.15) is 0 Å².